The van der Waals surface area contributed by atoms with E-state index in [-0.39, 0.29) is 0 Å². The molecule has 0 saturated heterocycles. The van der Waals surface area contributed by atoms with Crippen LogP contribution in [-0.4, -0.2) is 35.6 Å². The fraction of sp³-hybridized carbons (Fsp3) is 0.550. The Labute approximate surface area is 162 Å². The van der Waals surface area contributed by atoms with Gasteiger partial charge in [-0.25, -0.2) is 8.42 Å². The van der Waals surface area contributed by atoms with E-state index in [1.807, 2.05) is 27.7 Å². The van der Waals surface area contributed by atoms with Crippen LogP contribution in [0.1, 0.15) is 49.2 Å². The molecule has 1 N–H and O–H groups in total. The first kappa shape index (κ1) is 19.9. The van der Waals surface area contributed by atoms with E-state index in [2.05, 4.69) is 21.2 Å². The third-order valence-electron chi connectivity index (χ3n) is 5.41. The summed E-state index contributed by atoms with van der Waals surface area (Å²) in [6.07, 6.45) is 3.50. The van der Waals surface area contributed by atoms with E-state index in [1.165, 1.54) is 22.8 Å². The maximum absolute atomic E-state index is 12.9. The van der Waals surface area contributed by atoms with E-state index in [9.17, 15) is 8.42 Å². The van der Waals surface area contributed by atoms with Gasteiger partial charge in [-0.3, -0.25) is 4.68 Å². The van der Waals surface area contributed by atoms with Crippen LogP contribution >= 0.6 is 0 Å². The molecule has 7 heteroatoms. The first-order valence-corrected chi connectivity index (χ1v) is 11.2. The highest BCUT2D eigenvalue weighted by molar-refractivity contribution is 7.89. The Hall–Kier alpha value is -1.86. The number of aromatic nitrogens is 2. The Bertz CT molecular complexity index is 891. The molecule has 0 saturated carbocycles. The summed E-state index contributed by atoms with van der Waals surface area (Å²) in [5.41, 5.74) is 5.18. The Kier molecular flexibility index (Phi) is 5.91. The molecule has 0 spiro atoms. The molecular formula is C20H30N4O2S. The minimum atomic E-state index is -3.47. The Morgan fingerprint density at radius 3 is 2.56 bits per heavy atom. The van der Waals surface area contributed by atoms with Gasteiger partial charge in [-0.15, -0.1) is 0 Å². The van der Waals surface area contributed by atoms with Crippen LogP contribution < -0.4 is 5.32 Å². The van der Waals surface area contributed by atoms with Crippen molar-refractivity contribution in [1.29, 1.82) is 0 Å². The first-order valence-electron chi connectivity index (χ1n) is 9.77. The van der Waals surface area contributed by atoms with Crippen LogP contribution in [-0.2, 0) is 29.5 Å². The zero-order valence-electron chi connectivity index (χ0n) is 16.7. The van der Waals surface area contributed by atoms with E-state index in [0.717, 1.165) is 35.5 Å². The Morgan fingerprint density at radius 2 is 1.89 bits per heavy atom. The summed E-state index contributed by atoms with van der Waals surface area (Å²) in [7, 11) is -3.47. The van der Waals surface area contributed by atoms with Crippen molar-refractivity contribution in [1.82, 2.24) is 14.1 Å². The SMILES string of the molecule is CCN(CC)S(=O)(=O)c1cc(C)c(C)c(NCc2cc3n(n2)CCCC3)c1. The van der Waals surface area contributed by atoms with Crippen LogP contribution in [0, 0.1) is 13.8 Å². The number of rotatable bonds is 7. The van der Waals surface area contributed by atoms with Gasteiger partial charge >= 0.3 is 0 Å². The average Bonchev–Trinajstić information content (AvgIpc) is 3.06. The summed E-state index contributed by atoms with van der Waals surface area (Å²) in [5.74, 6) is 0. The molecule has 0 amide bonds. The molecule has 2 heterocycles. The molecule has 0 atom stereocenters. The number of fused-ring (bicyclic) bond motifs is 1. The Balaban J connectivity index is 1.85. The lowest BCUT2D eigenvalue weighted by Gasteiger charge is -2.20. The van der Waals surface area contributed by atoms with Gasteiger partial charge in [-0.05, 0) is 62.4 Å². The van der Waals surface area contributed by atoms with Gasteiger partial charge in [0.25, 0.3) is 0 Å². The van der Waals surface area contributed by atoms with Gasteiger partial charge in [-0.1, -0.05) is 13.8 Å². The minimum absolute atomic E-state index is 0.348. The first-order chi connectivity index (χ1) is 12.9. The molecule has 1 aliphatic rings. The fourth-order valence-electron chi connectivity index (χ4n) is 3.62. The van der Waals surface area contributed by atoms with Gasteiger partial charge < -0.3 is 5.32 Å². The quantitative estimate of drug-likeness (QED) is 0.786. The van der Waals surface area contributed by atoms with E-state index >= 15 is 0 Å². The summed E-state index contributed by atoms with van der Waals surface area (Å²) in [5, 5.41) is 8.08. The maximum atomic E-state index is 12.9. The second-order valence-electron chi connectivity index (χ2n) is 7.16. The lowest BCUT2D eigenvalue weighted by atomic mass is 10.1. The van der Waals surface area contributed by atoms with Crippen LogP contribution in [0.2, 0.25) is 0 Å². The molecule has 1 aromatic carbocycles. The number of sulfonamides is 1. The number of benzene rings is 1. The summed E-state index contributed by atoms with van der Waals surface area (Å²) in [6, 6.07) is 5.68. The van der Waals surface area contributed by atoms with Gasteiger partial charge in [0.2, 0.25) is 10.0 Å². The van der Waals surface area contributed by atoms with Crippen LogP contribution in [0.4, 0.5) is 5.69 Å². The second-order valence-corrected chi connectivity index (χ2v) is 9.10. The molecule has 0 bridgehead atoms. The third-order valence-corrected chi connectivity index (χ3v) is 7.44. The number of hydrogen-bond donors (Lipinski definition) is 1. The van der Waals surface area contributed by atoms with Crippen LogP contribution in [0.3, 0.4) is 0 Å². The standard InChI is InChI=1S/C20H30N4O2S/c1-5-23(6-2)27(25,26)19-11-15(3)16(4)20(13-19)21-14-17-12-18-9-7-8-10-24(18)22-17/h11-13,21H,5-10,14H2,1-4H3. The summed E-state index contributed by atoms with van der Waals surface area (Å²) in [4.78, 5) is 0.348. The number of nitrogens with zero attached hydrogens (tertiary/aromatic N) is 3. The van der Waals surface area contributed by atoms with Gasteiger partial charge in [-0.2, -0.15) is 9.40 Å². The van der Waals surface area contributed by atoms with Crippen molar-refractivity contribution >= 4 is 15.7 Å². The molecule has 1 aliphatic heterocycles. The van der Waals surface area contributed by atoms with E-state index in [1.54, 1.807) is 12.1 Å². The summed E-state index contributed by atoms with van der Waals surface area (Å²) in [6.45, 7) is 10.2. The second kappa shape index (κ2) is 8.02. The average molecular weight is 391 g/mol. The van der Waals surface area contributed by atoms with E-state index in [0.29, 0.717) is 24.5 Å². The van der Waals surface area contributed by atoms with Crippen molar-refractivity contribution in [2.24, 2.45) is 0 Å². The predicted octanol–water partition coefficient (Wildman–Crippen LogP) is 3.48. The number of hydrogen-bond acceptors (Lipinski definition) is 4. The van der Waals surface area contributed by atoms with Crippen LogP contribution in [0.15, 0.2) is 23.1 Å². The monoisotopic (exact) mass is 390 g/mol. The van der Waals surface area contributed by atoms with Gasteiger partial charge in [0.15, 0.2) is 0 Å². The maximum Gasteiger partial charge on any atom is 0.243 e. The van der Waals surface area contributed by atoms with Crippen molar-refractivity contribution in [3.63, 3.8) is 0 Å². The zero-order valence-corrected chi connectivity index (χ0v) is 17.6. The van der Waals surface area contributed by atoms with Crippen molar-refractivity contribution in [2.45, 2.75) is 64.9 Å². The smallest absolute Gasteiger partial charge is 0.243 e. The molecule has 148 valence electrons. The topological polar surface area (TPSA) is 67.2 Å². The lowest BCUT2D eigenvalue weighted by Crippen LogP contribution is -2.30. The Morgan fingerprint density at radius 1 is 1.15 bits per heavy atom. The molecule has 27 heavy (non-hydrogen) atoms. The van der Waals surface area contributed by atoms with Gasteiger partial charge in [0.05, 0.1) is 17.1 Å². The molecule has 2 aromatic rings. The zero-order chi connectivity index (χ0) is 19.6. The number of nitrogens with one attached hydrogen (secondary N) is 1. The highest BCUT2D eigenvalue weighted by atomic mass is 32.2. The fourth-order valence-corrected chi connectivity index (χ4v) is 5.19. The number of aryl methyl sites for hydroxylation is 3. The van der Waals surface area contributed by atoms with Crippen molar-refractivity contribution in [2.75, 3.05) is 18.4 Å². The van der Waals surface area contributed by atoms with E-state index < -0.39 is 10.0 Å². The predicted molar refractivity (Wildman–Crippen MR) is 109 cm³/mol. The molecular weight excluding hydrogens is 360 g/mol. The molecule has 0 aliphatic carbocycles. The largest absolute Gasteiger partial charge is 0.379 e. The molecule has 0 radical (unpaired) electrons. The normalized spacial score (nSPS) is 14.4. The molecule has 1 aromatic heterocycles. The van der Waals surface area contributed by atoms with Crippen molar-refractivity contribution in [3.8, 4) is 0 Å². The van der Waals surface area contributed by atoms with Crippen molar-refractivity contribution in [3.05, 3.63) is 40.7 Å². The number of anilines is 1. The van der Waals surface area contributed by atoms with Gasteiger partial charge in [0, 0.05) is 31.0 Å². The highest BCUT2D eigenvalue weighted by Crippen LogP contribution is 2.27. The lowest BCUT2D eigenvalue weighted by molar-refractivity contribution is 0.445. The van der Waals surface area contributed by atoms with E-state index in [4.69, 9.17) is 0 Å². The molecule has 0 unspecified atom stereocenters. The summed E-state index contributed by atoms with van der Waals surface area (Å²) >= 11 is 0. The molecule has 6 nitrogen and oxygen atoms in total. The van der Waals surface area contributed by atoms with Gasteiger partial charge in [0.1, 0.15) is 0 Å². The molecule has 3 rings (SSSR count). The minimum Gasteiger partial charge on any atom is -0.379 e. The highest BCUT2D eigenvalue weighted by Gasteiger charge is 2.23. The molecule has 0 fully saturated rings. The van der Waals surface area contributed by atoms with Crippen LogP contribution in [0.5, 0.6) is 0 Å². The van der Waals surface area contributed by atoms with Crippen molar-refractivity contribution < 1.29 is 8.42 Å². The third kappa shape index (κ3) is 4.04. The summed E-state index contributed by atoms with van der Waals surface area (Å²) < 4.78 is 29.4. The van der Waals surface area contributed by atoms with Crippen LogP contribution in [0.25, 0.3) is 0 Å².